The van der Waals surface area contributed by atoms with Gasteiger partial charge in [-0.1, -0.05) is 12.5 Å². The Kier molecular flexibility index (Phi) is 5.75. The normalized spacial score (nSPS) is 13.4. The summed E-state index contributed by atoms with van der Waals surface area (Å²) in [5, 5.41) is 6.57. The zero-order valence-electron chi connectivity index (χ0n) is 17.8. The number of carbonyl (C=O) groups excluding carboxylic acids is 2. The quantitative estimate of drug-likeness (QED) is 0.612. The second-order valence-electron chi connectivity index (χ2n) is 7.68. The molecule has 2 N–H and O–H groups in total. The van der Waals surface area contributed by atoms with Gasteiger partial charge in [-0.15, -0.1) is 0 Å². The summed E-state index contributed by atoms with van der Waals surface area (Å²) in [6.07, 6.45) is 2.89. The highest BCUT2D eigenvalue weighted by Crippen LogP contribution is 2.31. The predicted molar refractivity (Wildman–Crippen MR) is 120 cm³/mol. The molecule has 1 saturated carbocycles. The van der Waals surface area contributed by atoms with E-state index in [0.29, 0.717) is 39.3 Å². The lowest BCUT2D eigenvalue weighted by atomic mass is 9.85. The third-order valence-electron chi connectivity index (χ3n) is 5.58. The third kappa shape index (κ3) is 4.30. The maximum absolute atomic E-state index is 13.2. The zero-order valence-corrected chi connectivity index (χ0v) is 17.8. The smallest absolute Gasteiger partial charge is 0.256 e. The van der Waals surface area contributed by atoms with Crippen molar-refractivity contribution in [2.75, 3.05) is 24.9 Å². The number of nitrogens with zero attached hydrogens (tertiary/aromatic N) is 1. The van der Waals surface area contributed by atoms with Crippen LogP contribution in [-0.2, 0) is 4.79 Å². The van der Waals surface area contributed by atoms with E-state index in [1.54, 1.807) is 38.5 Å². The Morgan fingerprint density at radius 3 is 2.39 bits per heavy atom. The highest BCUT2D eigenvalue weighted by Gasteiger charge is 2.25. The first-order valence-electron chi connectivity index (χ1n) is 10.2. The van der Waals surface area contributed by atoms with Gasteiger partial charge < -0.3 is 20.1 Å². The number of rotatable bonds is 6. The topological polar surface area (TPSA) is 89.6 Å². The van der Waals surface area contributed by atoms with Crippen molar-refractivity contribution in [2.24, 2.45) is 5.92 Å². The summed E-state index contributed by atoms with van der Waals surface area (Å²) >= 11 is 0. The first-order chi connectivity index (χ1) is 15.0. The van der Waals surface area contributed by atoms with Crippen LogP contribution in [0.25, 0.3) is 10.9 Å². The summed E-state index contributed by atoms with van der Waals surface area (Å²) in [7, 11) is 3.10. The van der Waals surface area contributed by atoms with Gasteiger partial charge in [-0.05, 0) is 50.1 Å². The Balaban J connectivity index is 1.67. The molecule has 4 rings (SSSR count). The average Bonchev–Trinajstić information content (AvgIpc) is 2.71. The van der Waals surface area contributed by atoms with Crippen LogP contribution in [0.4, 0.5) is 11.4 Å². The molecule has 0 saturated heterocycles. The van der Waals surface area contributed by atoms with Crippen molar-refractivity contribution in [3.63, 3.8) is 0 Å². The lowest BCUT2D eigenvalue weighted by Gasteiger charge is -2.24. The molecular formula is C24H25N3O4. The van der Waals surface area contributed by atoms with Crippen molar-refractivity contribution < 1.29 is 19.1 Å². The zero-order chi connectivity index (χ0) is 22.0. The van der Waals surface area contributed by atoms with E-state index >= 15 is 0 Å². The molecular weight excluding hydrogens is 394 g/mol. The van der Waals surface area contributed by atoms with Gasteiger partial charge in [-0.3, -0.25) is 14.6 Å². The number of pyridine rings is 1. The van der Waals surface area contributed by atoms with E-state index in [1.165, 1.54) is 0 Å². The second-order valence-corrected chi connectivity index (χ2v) is 7.68. The molecule has 0 bridgehead atoms. The molecule has 0 aliphatic heterocycles. The molecule has 160 valence electrons. The van der Waals surface area contributed by atoms with Crippen LogP contribution in [0.15, 0.2) is 42.5 Å². The number of fused-ring (bicyclic) bond motifs is 1. The number of anilines is 2. The summed E-state index contributed by atoms with van der Waals surface area (Å²) in [4.78, 5) is 30.2. The lowest BCUT2D eigenvalue weighted by Crippen LogP contribution is -2.28. The van der Waals surface area contributed by atoms with Crippen LogP contribution in [-0.4, -0.2) is 31.0 Å². The molecule has 2 amide bonds. The number of ether oxygens (including phenoxy) is 2. The molecule has 1 fully saturated rings. The minimum absolute atomic E-state index is 0.00972. The maximum Gasteiger partial charge on any atom is 0.256 e. The number of hydrogen-bond donors (Lipinski definition) is 2. The molecule has 3 aromatic rings. The molecule has 1 aliphatic carbocycles. The van der Waals surface area contributed by atoms with Gasteiger partial charge in [0.05, 0.1) is 25.3 Å². The fourth-order valence-corrected chi connectivity index (χ4v) is 3.62. The van der Waals surface area contributed by atoms with E-state index < -0.39 is 0 Å². The van der Waals surface area contributed by atoms with Gasteiger partial charge >= 0.3 is 0 Å². The van der Waals surface area contributed by atoms with Crippen molar-refractivity contribution >= 4 is 34.1 Å². The molecule has 0 unspecified atom stereocenters. The molecule has 0 spiro atoms. The second kappa shape index (κ2) is 8.63. The van der Waals surface area contributed by atoms with E-state index in [1.807, 2.05) is 25.1 Å². The average molecular weight is 419 g/mol. The maximum atomic E-state index is 13.2. The Labute approximate surface area is 180 Å². The molecule has 7 nitrogen and oxygen atoms in total. The van der Waals surface area contributed by atoms with Gasteiger partial charge in [-0.25, -0.2) is 0 Å². The summed E-state index contributed by atoms with van der Waals surface area (Å²) in [5.41, 5.74) is 3.06. The largest absolute Gasteiger partial charge is 0.493 e. The van der Waals surface area contributed by atoms with Crippen molar-refractivity contribution in [1.29, 1.82) is 0 Å². The van der Waals surface area contributed by atoms with Crippen LogP contribution >= 0.6 is 0 Å². The lowest BCUT2D eigenvalue weighted by molar-refractivity contribution is -0.122. The number of carbonyl (C=O) groups is 2. The minimum atomic E-state index is -0.303. The van der Waals surface area contributed by atoms with Gasteiger partial charge in [0.1, 0.15) is 0 Å². The van der Waals surface area contributed by atoms with E-state index in [-0.39, 0.29) is 17.7 Å². The van der Waals surface area contributed by atoms with Crippen molar-refractivity contribution in [1.82, 2.24) is 4.98 Å². The summed E-state index contributed by atoms with van der Waals surface area (Å²) in [5.74, 6) is 0.826. The van der Waals surface area contributed by atoms with E-state index in [9.17, 15) is 9.59 Å². The number of aromatic nitrogens is 1. The molecule has 2 aromatic carbocycles. The number of benzene rings is 2. The van der Waals surface area contributed by atoms with Crippen molar-refractivity contribution in [2.45, 2.75) is 26.2 Å². The van der Waals surface area contributed by atoms with Gasteiger partial charge in [0.15, 0.2) is 11.5 Å². The third-order valence-corrected chi connectivity index (χ3v) is 5.58. The van der Waals surface area contributed by atoms with Crippen LogP contribution in [0.3, 0.4) is 0 Å². The van der Waals surface area contributed by atoms with Gasteiger partial charge in [-0.2, -0.15) is 0 Å². The van der Waals surface area contributed by atoms with Crippen LogP contribution < -0.4 is 20.1 Å². The molecule has 1 aliphatic rings. The summed E-state index contributed by atoms with van der Waals surface area (Å²) in [6, 6.07) is 12.4. The van der Waals surface area contributed by atoms with Crippen molar-refractivity contribution in [3.8, 4) is 11.5 Å². The monoisotopic (exact) mass is 419 g/mol. The number of nitrogens with one attached hydrogen (secondary N) is 2. The highest BCUT2D eigenvalue weighted by atomic mass is 16.5. The Morgan fingerprint density at radius 1 is 0.935 bits per heavy atom. The molecule has 1 aromatic heterocycles. The van der Waals surface area contributed by atoms with Crippen LogP contribution in [0.1, 0.15) is 35.3 Å². The summed E-state index contributed by atoms with van der Waals surface area (Å²) in [6.45, 7) is 1.89. The summed E-state index contributed by atoms with van der Waals surface area (Å²) < 4.78 is 10.6. The standard InChI is InChI=1S/C24H25N3O4/c1-14-7-9-18-19(24(29)26-16-8-10-21(30-2)22(13-16)31-3)11-17(12-20(18)25-14)27-23(28)15-5-4-6-15/h7-13,15H,4-6H2,1-3H3,(H,26,29)(H,27,28). The molecule has 31 heavy (non-hydrogen) atoms. The fourth-order valence-electron chi connectivity index (χ4n) is 3.62. The number of methoxy groups -OCH3 is 2. The number of aryl methyl sites for hydroxylation is 1. The fraction of sp³-hybridized carbons (Fsp3) is 0.292. The van der Waals surface area contributed by atoms with Gasteiger partial charge in [0.2, 0.25) is 5.91 Å². The van der Waals surface area contributed by atoms with Gasteiger partial charge in [0.25, 0.3) is 5.91 Å². The number of hydrogen-bond acceptors (Lipinski definition) is 5. The molecule has 7 heteroatoms. The first-order valence-corrected chi connectivity index (χ1v) is 10.2. The Bertz CT molecular complexity index is 1160. The predicted octanol–water partition coefficient (Wildman–Crippen LogP) is 4.55. The van der Waals surface area contributed by atoms with E-state index in [4.69, 9.17) is 9.47 Å². The van der Waals surface area contributed by atoms with E-state index in [0.717, 1.165) is 25.0 Å². The Morgan fingerprint density at radius 2 is 1.71 bits per heavy atom. The molecule has 0 radical (unpaired) electrons. The Hall–Kier alpha value is -3.61. The van der Waals surface area contributed by atoms with E-state index in [2.05, 4.69) is 15.6 Å². The SMILES string of the molecule is COc1ccc(NC(=O)c2cc(NC(=O)C3CCC3)cc3nc(C)ccc23)cc1OC. The first kappa shape index (κ1) is 20.7. The molecule has 1 heterocycles. The highest BCUT2D eigenvalue weighted by molar-refractivity contribution is 6.14. The molecule has 0 atom stereocenters. The van der Waals surface area contributed by atoms with Gasteiger partial charge in [0, 0.05) is 34.4 Å². The minimum Gasteiger partial charge on any atom is -0.493 e. The van der Waals surface area contributed by atoms with Crippen LogP contribution in [0.5, 0.6) is 11.5 Å². The van der Waals surface area contributed by atoms with Crippen LogP contribution in [0.2, 0.25) is 0 Å². The van der Waals surface area contributed by atoms with Crippen LogP contribution in [0, 0.1) is 12.8 Å². The number of amides is 2. The van der Waals surface area contributed by atoms with Crippen molar-refractivity contribution in [3.05, 3.63) is 53.7 Å².